The van der Waals surface area contributed by atoms with Crippen LogP contribution in [0.2, 0.25) is 0 Å². The van der Waals surface area contributed by atoms with Gasteiger partial charge in [0.1, 0.15) is 5.75 Å². The predicted octanol–water partition coefficient (Wildman–Crippen LogP) is 4.04. The topological polar surface area (TPSA) is 41.0 Å². The van der Waals surface area contributed by atoms with Gasteiger partial charge in [0.2, 0.25) is 5.91 Å². The van der Waals surface area contributed by atoms with E-state index in [2.05, 4.69) is 71.7 Å². The molecule has 3 heterocycles. The Hall–Kier alpha value is -2.47. The second kappa shape index (κ2) is 10.4. The Morgan fingerprint density at radius 2 is 1.66 bits per heavy atom. The van der Waals surface area contributed by atoms with Gasteiger partial charge in [0.05, 0.1) is 18.3 Å². The molecule has 6 nitrogen and oxygen atoms in total. The largest absolute Gasteiger partial charge is 0.489 e. The predicted molar refractivity (Wildman–Crippen MR) is 129 cm³/mol. The van der Waals surface area contributed by atoms with Gasteiger partial charge in [-0.05, 0) is 50.5 Å². The first-order valence-corrected chi connectivity index (χ1v) is 12.2. The molecule has 2 aromatic rings. The van der Waals surface area contributed by atoms with Gasteiger partial charge in [-0.3, -0.25) is 9.69 Å². The number of likely N-dealkylation sites (tertiary alicyclic amines) is 1. The Balaban J connectivity index is 1.33. The molecule has 1 aromatic heterocycles. The van der Waals surface area contributed by atoms with Gasteiger partial charge in [-0.2, -0.15) is 0 Å². The maximum Gasteiger partial charge on any atom is 0.222 e. The summed E-state index contributed by atoms with van der Waals surface area (Å²) >= 11 is 0. The zero-order valence-electron chi connectivity index (χ0n) is 19.9. The van der Waals surface area contributed by atoms with Crippen molar-refractivity contribution in [3.05, 3.63) is 47.8 Å². The number of benzene rings is 1. The lowest BCUT2D eigenvalue weighted by molar-refractivity contribution is -0.133. The van der Waals surface area contributed by atoms with Gasteiger partial charge in [-0.15, -0.1) is 0 Å². The van der Waals surface area contributed by atoms with Gasteiger partial charge >= 0.3 is 0 Å². The van der Waals surface area contributed by atoms with E-state index in [9.17, 15) is 4.79 Å². The molecule has 32 heavy (non-hydrogen) atoms. The van der Waals surface area contributed by atoms with E-state index in [4.69, 9.17) is 4.74 Å². The third-order valence-electron chi connectivity index (χ3n) is 6.97. The van der Waals surface area contributed by atoms with E-state index in [1.165, 1.54) is 17.1 Å². The second-order valence-corrected chi connectivity index (χ2v) is 9.22. The van der Waals surface area contributed by atoms with Crippen molar-refractivity contribution in [3.8, 4) is 5.75 Å². The quantitative estimate of drug-likeness (QED) is 0.624. The number of hydrogen-bond donors (Lipinski definition) is 0. The van der Waals surface area contributed by atoms with Crippen LogP contribution in [0, 0.1) is 0 Å². The highest BCUT2D eigenvalue weighted by molar-refractivity contribution is 5.76. The van der Waals surface area contributed by atoms with E-state index in [1.54, 1.807) is 0 Å². The summed E-state index contributed by atoms with van der Waals surface area (Å²) in [7, 11) is 2.14. The van der Waals surface area contributed by atoms with Crippen LogP contribution >= 0.6 is 0 Å². The number of rotatable bonds is 8. The molecule has 2 aliphatic rings. The van der Waals surface area contributed by atoms with Gasteiger partial charge in [0.25, 0.3) is 0 Å². The molecular weight excluding hydrogens is 400 g/mol. The number of para-hydroxylation sites is 2. The van der Waals surface area contributed by atoms with E-state index in [0.717, 1.165) is 70.8 Å². The Bertz CT molecular complexity index is 901. The number of piperazine rings is 1. The van der Waals surface area contributed by atoms with Crippen LogP contribution in [0.5, 0.6) is 5.75 Å². The summed E-state index contributed by atoms with van der Waals surface area (Å²) in [5.74, 6) is 1.29. The van der Waals surface area contributed by atoms with Gasteiger partial charge in [0, 0.05) is 64.1 Å². The number of hydrogen-bond acceptors (Lipinski definition) is 4. The van der Waals surface area contributed by atoms with Crippen molar-refractivity contribution < 1.29 is 9.53 Å². The molecular formula is C26H38N4O2. The van der Waals surface area contributed by atoms with Crippen molar-refractivity contribution in [2.75, 3.05) is 37.6 Å². The summed E-state index contributed by atoms with van der Waals surface area (Å²) in [5.41, 5.74) is 3.75. The molecule has 1 aromatic carbocycles. The Morgan fingerprint density at radius 3 is 2.38 bits per heavy atom. The summed E-state index contributed by atoms with van der Waals surface area (Å²) in [4.78, 5) is 19.2. The Kier molecular flexibility index (Phi) is 7.40. The summed E-state index contributed by atoms with van der Waals surface area (Å²) < 4.78 is 8.45. The van der Waals surface area contributed by atoms with Gasteiger partial charge in [-0.1, -0.05) is 19.1 Å². The molecule has 2 saturated heterocycles. The van der Waals surface area contributed by atoms with Crippen LogP contribution in [0.1, 0.15) is 50.9 Å². The fraction of sp³-hybridized carbons (Fsp3) is 0.577. The molecule has 6 heteroatoms. The molecule has 0 radical (unpaired) electrons. The molecule has 0 aliphatic carbocycles. The van der Waals surface area contributed by atoms with Crippen LogP contribution < -0.4 is 9.64 Å². The fourth-order valence-corrected chi connectivity index (χ4v) is 4.64. The zero-order chi connectivity index (χ0) is 22.5. The summed E-state index contributed by atoms with van der Waals surface area (Å²) in [6, 6.07) is 12.8. The van der Waals surface area contributed by atoms with E-state index < -0.39 is 0 Å². The first-order chi connectivity index (χ1) is 15.5. The highest BCUT2D eigenvalue weighted by atomic mass is 16.5. The maximum atomic E-state index is 12.2. The number of piperidine rings is 1. The molecule has 1 unspecified atom stereocenters. The minimum atomic E-state index is 0.226. The lowest BCUT2D eigenvalue weighted by atomic mass is 10.1. The average Bonchev–Trinajstić information content (AvgIpc) is 3.15. The first-order valence-electron chi connectivity index (χ1n) is 12.2. The number of amides is 1. The molecule has 174 valence electrons. The molecule has 1 atom stereocenters. The first kappa shape index (κ1) is 22.7. The Morgan fingerprint density at radius 1 is 0.938 bits per heavy atom. The number of aromatic nitrogens is 1. The number of nitrogens with zero attached hydrogens (tertiary/aromatic N) is 4. The monoisotopic (exact) mass is 438 g/mol. The van der Waals surface area contributed by atoms with Gasteiger partial charge in [0.15, 0.2) is 0 Å². The lowest BCUT2D eigenvalue weighted by Gasteiger charge is -2.37. The maximum absolute atomic E-state index is 12.2. The van der Waals surface area contributed by atoms with Gasteiger partial charge in [-0.25, -0.2) is 0 Å². The van der Waals surface area contributed by atoms with E-state index in [1.807, 2.05) is 4.90 Å². The minimum Gasteiger partial charge on any atom is -0.489 e. The van der Waals surface area contributed by atoms with Crippen molar-refractivity contribution in [2.45, 2.75) is 58.7 Å². The number of anilines is 1. The molecule has 2 fully saturated rings. The number of carbonyl (C=O) groups excluding carboxylic acids is 1. The highest BCUT2D eigenvalue weighted by Gasteiger charge is 2.22. The fourth-order valence-electron chi connectivity index (χ4n) is 4.64. The van der Waals surface area contributed by atoms with Crippen molar-refractivity contribution in [1.29, 1.82) is 0 Å². The van der Waals surface area contributed by atoms with E-state index >= 15 is 0 Å². The van der Waals surface area contributed by atoms with Crippen molar-refractivity contribution in [2.24, 2.45) is 7.05 Å². The van der Waals surface area contributed by atoms with Crippen LogP contribution in [0.15, 0.2) is 36.4 Å². The normalized spacial score (nSPS) is 18.8. The van der Waals surface area contributed by atoms with Gasteiger partial charge < -0.3 is 19.1 Å². The van der Waals surface area contributed by atoms with Crippen molar-refractivity contribution in [3.63, 3.8) is 0 Å². The van der Waals surface area contributed by atoms with Crippen LogP contribution in [0.3, 0.4) is 0 Å². The molecule has 1 amide bonds. The number of ether oxygens (including phenoxy) is 1. The van der Waals surface area contributed by atoms with E-state index in [0.29, 0.717) is 12.3 Å². The highest BCUT2D eigenvalue weighted by Crippen LogP contribution is 2.30. The second-order valence-electron chi connectivity index (χ2n) is 9.22. The SMILES string of the molecule is CCC(C)Oc1ccccc1N1CCN(Cc2ccc(CN3CCCCC3=O)n2C)CC1. The average molecular weight is 439 g/mol. The third-order valence-corrected chi connectivity index (χ3v) is 6.97. The summed E-state index contributed by atoms with van der Waals surface area (Å²) in [5, 5.41) is 0. The molecule has 4 rings (SSSR count). The third kappa shape index (κ3) is 5.29. The van der Waals surface area contributed by atoms with Crippen molar-refractivity contribution >= 4 is 11.6 Å². The molecule has 0 saturated carbocycles. The molecule has 2 aliphatic heterocycles. The van der Waals surface area contributed by atoms with Crippen LogP contribution in [-0.2, 0) is 24.9 Å². The summed E-state index contributed by atoms with van der Waals surface area (Å²) in [6.45, 7) is 10.9. The smallest absolute Gasteiger partial charge is 0.222 e. The Labute approximate surface area is 192 Å². The standard InChI is InChI=1S/C26H38N4O2/c1-4-21(2)32-25-10-6-5-9-24(25)29-17-15-28(16-18-29)19-22-12-13-23(27(22)3)20-30-14-8-7-11-26(30)31/h5-6,9-10,12-13,21H,4,7-8,11,14-20H2,1-3H3. The number of carbonyl (C=O) groups is 1. The molecule has 0 bridgehead atoms. The molecule has 0 N–H and O–H groups in total. The molecule has 0 spiro atoms. The summed E-state index contributed by atoms with van der Waals surface area (Å²) in [6.07, 6.45) is 4.09. The van der Waals surface area contributed by atoms with E-state index in [-0.39, 0.29) is 6.10 Å². The minimum absolute atomic E-state index is 0.226. The van der Waals surface area contributed by atoms with Crippen molar-refractivity contribution in [1.82, 2.24) is 14.4 Å². The zero-order valence-corrected chi connectivity index (χ0v) is 19.9. The lowest BCUT2D eigenvalue weighted by Crippen LogP contribution is -2.46. The van der Waals surface area contributed by atoms with Crippen LogP contribution in [-0.4, -0.2) is 59.1 Å². The van der Waals surface area contributed by atoms with Crippen LogP contribution in [0.25, 0.3) is 0 Å². The van der Waals surface area contributed by atoms with Crippen LogP contribution in [0.4, 0.5) is 5.69 Å².